The molecule has 3 heterocycles. The molecule has 0 aliphatic heterocycles. The second-order valence-electron chi connectivity index (χ2n) is 7.95. The van der Waals surface area contributed by atoms with Crippen LogP contribution in [0.25, 0.3) is 17.0 Å². The molecule has 0 bridgehead atoms. The molecule has 0 spiro atoms. The van der Waals surface area contributed by atoms with Crippen LogP contribution in [0.2, 0.25) is 0 Å². The number of aromatic nitrogens is 4. The number of imidazole rings is 1. The fourth-order valence-corrected chi connectivity index (χ4v) is 3.85. The van der Waals surface area contributed by atoms with Crippen LogP contribution in [0.15, 0.2) is 54.7 Å². The van der Waals surface area contributed by atoms with Gasteiger partial charge in [0.2, 0.25) is 0 Å². The minimum absolute atomic E-state index is 0.0842. The van der Waals surface area contributed by atoms with Gasteiger partial charge in [-0.3, -0.25) is 9.20 Å². The standard InChI is InChI=1S/C25H30N8O/c1-4-32(5-2)15-13-27-25(34)18-9-11-19(12-10-18)30-24-23(20-16-21(26)29-17(3)28-20)33-14-7-6-8-22(33)31-24/h6-12,14,16,30H,4-5,13,15H2,1-3H3,(H,27,34)(H2,26,28,29). The molecule has 176 valence electrons. The van der Waals surface area contributed by atoms with Gasteiger partial charge in [0, 0.05) is 36.6 Å². The predicted octanol–water partition coefficient (Wildman–Crippen LogP) is 3.50. The van der Waals surface area contributed by atoms with Crippen LogP contribution in [0, 0.1) is 6.92 Å². The highest BCUT2D eigenvalue weighted by atomic mass is 16.1. The Bertz CT molecular complexity index is 1260. The van der Waals surface area contributed by atoms with E-state index in [0.29, 0.717) is 35.3 Å². The summed E-state index contributed by atoms with van der Waals surface area (Å²) in [5, 5.41) is 6.35. The average molecular weight is 459 g/mol. The number of nitrogen functional groups attached to an aromatic ring is 1. The summed E-state index contributed by atoms with van der Waals surface area (Å²) in [5.74, 6) is 1.54. The summed E-state index contributed by atoms with van der Waals surface area (Å²) < 4.78 is 1.96. The van der Waals surface area contributed by atoms with Crippen molar-refractivity contribution in [3.05, 3.63) is 66.1 Å². The molecule has 4 aromatic rings. The zero-order valence-electron chi connectivity index (χ0n) is 19.7. The highest BCUT2D eigenvalue weighted by Gasteiger charge is 2.17. The fourth-order valence-electron chi connectivity index (χ4n) is 3.85. The van der Waals surface area contributed by atoms with Crippen LogP contribution >= 0.6 is 0 Å². The van der Waals surface area contributed by atoms with E-state index < -0.39 is 0 Å². The molecule has 0 aliphatic carbocycles. The smallest absolute Gasteiger partial charge is 0.251 e. The van der Waals surface area contributed by atoms with Gasteiger partial charge in [-0.1, -0.05) is 19.9 Å². The van der Waals surface area contributed by atoms with Crippen molar-refractivity contribution in [3.8, 4) is 11.4 Å². The first kappa shape index (κ1) is 23.2. The van der Waals surface area contributed by atoms with Gasteiger partial charge in [0.25, 0.3) is 5.91 Å². The molecule has 0 aliphatic rings. The number of likely N-dealkylation sites (N-methyl/N-ethyl adjacent to an activating group) is 1. The molecule has 0 fully saturated rings. The Kier molecular flexibility index (Phi) is 7.03. The topological polar surface area (TPSA) is 113 Å². The number of aryl methyl sites for hydroxylation is 1. The second-order valence-corrected chi connectivity index (χ2v) is 7.95. The number of nitrogens with one attached hydrogen (secondary N) is 2. The highest BCUT2D eigenvalue weighted by molar-refractivity contribution is 5.94. The van der Waals surface area contributed by atoms with Crippen molar-refractivity contribution >= 4 is 28.9 Å². The van der Waals surface area contributed by atoms with Gasteiger partial charge >= 0.3 is 0 Å². The molecule has 3 aromatic heterocycles. The summed E-state index contributed by atoms with van der Waals surface area (Å²) in [4.78, 5) is 28.3. The number of carbonyl (C=O) groups is 1. The van der Waals surface area contributed by atoms with Crippen LogP contribution in [0.1, 0.15) is 30.0 Å². The van der Waals surface area contributed by atoms with E-state index in [1.54, 1.807) is 18.2 Å². The average Bonchev–Trinajstić information content (AvgIpc) is 3.19. The quantitative estimate of drug-likeness (QED) is 0.352. The molecule has 0 saturated carbocycles. The Morgan fingerprint density at radius 3 is 2.53 bits per heavy atom. The van der Waals surface area contributed by atoms with Crippen molar-refractivity contribution < 1.29 is 4.79 Å². The molecule has 0 radical (unpaired) electrons. The number of hydrogen-bond donors (Lipinski definition) is 3. The predicted molar refractivity (Wildman–Crippen MR) is 135 cm³/mol. The maximum Gasteiger partial charge on any atom is 0.251 e. The van der Waals surface area contributed by atoms with Gasteiger partial charge < -0.3 is 21.3 Å². The van der Waals surface area contributed by atoms with Crippen molar-refractivity contribution in [2.75, 3.05) is 37.2 Å². The summed E-state index contributed by atoms with van der Waals surface area (Å²) in [7, 11) is 0. The SMILES string of the molecule is CCN(CC)CCNC(=O)c1ccc(Nc2nc3ccccn3c2-c2cc(N)nc(C)n2)cc1. The Labute approximate surface area is 199 Å². The van der Waals surface area contributed by atoms with Crippen molar-refractivity contribution in [1.29, 1.82) is 0 Å². The summed E-state index contributed by atoms with van der Waals surface area (Å²) >= 11 is 0. The molecular formula is C25H30N8O. The van der Waals surface area contributed by atoms with E-state index in [9.17, 15) is 4.79 Å². The Morgan fingerprint density at radius 2 is 1.82 bits per heavy atom. The minimum atomic E-state index is -0.0842. The van der Waals surface area contributed by atoms with Crippen LogP contribution in [-0.4, -0.2) is 56.3 Å². The number of pyridine rings is 1. The van der Waals surface area contributed by atoms with E-state index in [1.807, 2.05) is 47.9 Å². The van der Waals surface area contributed by atoms with Gasteiger partial charge in [0.15, 0.2) is 5.82 Å². The fraction of sp³-hybridized carbons (Fsp3) is 0.280. The van der Waals surface area contributed by atoms with Gasteiger partial charge in [0.1, 0.15) is 23.0 Å². The minimum Gasteiger partial charge on any atom is -0.384 e. The van der Waals surface area contributed by atoms with E-state index in [1.165, 1.54) is 0 Å². The maximum absolute atomic E-state index is 12.5. The first-order valence-corrected chi connectivity index (χ1v) is 11.4. The Morgan fingerprint density at radius 1 is 1.06 bits per heavy atom. The largest absolute Gasteiger partial charge is 0.384 e. The van der Waals surface area contributed by atoms with Crippen LogP contribution < -0.4 is 16.4 Å². The number of amides is 1. The monoisotopic (exact) mass is 458 g/mol. The Balaban J connectivity index is 1.55. The molecule has 1 aromatic carbocycles. The van der Waals surface area contributed by atoms with Crippen LogP contribution in [0.3, 0.4) is 0 Å². The van der Waals surface area contributed by atoms with Crippen LogP contribution in [0.5, 0.6) is 0 Å². The molecule has 0 unspecified atom stereocenters. The lowest BCUT2D eigenvalue weighted by molar-refractivity contribution is 0.0949. The van der Waals surface area contributed by atoms with Crippen LogP contribution in [0.4, 0.5) is 17.3 Å². The zero-order chi connectivity index (χ0) is 24.1. The maximum atomic E-state index is 12.5. The van der Waals surface area contributed by atoms with Gasteiger partial charge in [-0.25, -0.2) is 15.0 Å². The summed E-state index contributed by atoms with van der Waals surface area (Å²) in [5.41, 5.74) is 9.64. The number of anilines is 3. The number of benzene rings is 1. The van der Waals surface area contributed by atoms with Crippen molar-refractivity contribution in [3.63, 3.8) is 0 Å². The molecule has 34 heavy (non-hydrogen) atoms. The first-order valence-electron chi connectivity index (χ1n) is 11.4. The van der Waals surface area contributed by atoms with E-state index in [4.69, 9.17) is 10.7 Å². The van der Waals surface area contributed by atoms with Gasteiger partial charge in [-0.05, 0) is 56.4 Å². The van der Waals surface area contributed by atoms with E-state index in [-0.39, 0.29) is 5.91 Å². The van der Waals surface area contributed by atoms with E-state index >= 15 is 0 Å². The van der Waals surface area contributed by atoms with Gasteiger partial charge in [0.05, 0.1) is 5.69 Å². The normalized spacial score (nSPS) is 11.2. The molecule has 4 rings (SSSR count). The summed E-state index contributed by atoms with van der Waals surface area (Å²) in [6.07, 6.45) is 1.93. The third kappa shape index (κ3) is 5.15. The highest BCUT2D eigenvalue weighted by Crippen LogP contribution is 2.31. The van der Waals surface area contributed by atoms with Crippen molar-refractivity contribution in [2.24, 2.45) is 0 Å². The number of carbonyl (C=O) groups excluding carboxylic acids is 1. The number of rotatable bonds is 9. The molecule has 0 saturated heterocycles. The lowest BCUT2D eigenvalue weighted by atomic mass is 10.2. The third-order valence-corrected chi connectivity index (χ3v) is 5.65. The van der Waals surface area contributed by atoms with E-state index in [0.717, 1.165) is 36.7 Å². The number of hydrogen-bond acceptors (Lipinski definition) is 7. The van der Waals surface area contributed by atoms with Gasteiger partial charge in [-0.2, -0.15) is 0 Å². The van der Waals surface area contributed by atoms with Crippen LogP contribution in [-0.2, 0) is 0 Å². The molecule has 0 atom stereocenters. The van der Waals surface area contributed by atoms with Crippen molar-refractivity contribution in [2.45, 2.75) is 20.8 Å². The summed E-state index contributed by atoms with van der Waals surface area (Å²) in [6, 6.07) is 14.9. The van der Waals surface area contributed by atoms with Crippen molar-refractivity contribution in [1.82, 2.24) is 29.6 Å². The van der Waals surface area contributed by atoms with Gasteiger partial charge in [-0.15, -0.1) is 0 Å². The first-order chi connectivity index (χ1) is 16.5. The lowest BCUT2D eigenvalue weighted by Crippen LogP contribution is -2.34. The van der Waals surface area contributed by atoms with E-state index in [2.05, 4.69) is 39.3 Å². The second kappa shape index (κ2) is 10.3. The molecular weight excluding hydrogens is 428 g/mol. The third-order valence-electron chi connectivity index (χ3n) is 5.65. The molecule has 4 N–H and O–H groups in total. The number of fused-ring (bicyclic) bond motifs is 1. The zero-order valence-corrected chi connectivity index (χ0v) is 19.7. The Hall–Kier alpha value is -3.98. The molecule has 9 nitrogen and oxygen atoms in total. The molecule has 9 heteroatoms. The summed E-state index contributed by atoms with van der Waals surface area (Å²) in [6.45, 7) is 9.44. The number of nitrogens with two attached hydrogens (primary N) is 1. The lowest BCUT2D eigenvalue weighted by Gasteiger charge is -2.18. The number of nitrogens with zero attached hydrogens (tertiary/aromatic N) is 5. The molecule has 1 amide bonds.